The fraction of sp³-hybridized carbons (Fsp3) is 0.333. The van der Waals surface area contributed by atoms with Crippen molar-refractivity contribution in [2.24, 2.45) is 0 Å². The van der Waals surface area contributed by atoms with Gasteiger partial charge in [-0.25, -0.2) is 4.79 Å². The molecule has 2 amide bonds. The highest BCUT2D eigenvalue weighted by Crippen LogP contribution is 2.22. The van der Waals surface area contributed by atoms with E-state index in [1.807, 2.05) is 26.0 Å². The molecule has 1 atom stereocenters. The van der Waals surface area contributed by atoms with E-state index in [9.17, 15) is 4.79 Å². The van der Waals surface area contributed by atoms with Crippen LogP contribution in [0.5, 0.6) is 0 Å². The monoisotopic (exact) mass is 281 g/mol. The van der Waals surface area contributed by atoms with Crippen LogP contribution >= 0.6 is 22.9 Å². The normalized spacial score (nSPS) is 12.2. The summed E-state index contributed by atoms with van der Waals surface area (Å²) in [6.07, 6.45) is 0. The summed E-state index contributed by atoms with van der Waals surface area (Å²) in [6.45, 7) is 5.93. The van der Waals surface area contributed by atoms with E-state index < -0.39 is 0 Å². The summed E-state index contributed by atoms with van der Waals surface area (Å²) >= 11 is 2.98. The van der Waals surface area contributed by atoms with E-state index in [0.29, 0.717) is 0 Å². The zero-order valence-electron chi connectivity index (χ0n) is 10.5. The van der Waals surface area contributed by atoms with E-state index in [-0.39, 0.29) is 12.1 Å². The minimum atomic E-state index is -0.197. The molecule has 2 heterocycles. The van der Waals surface area contributed by atoms with Gasteiger partial charge in [-0.1, -0.05) is 0 Å². The molecule has 0 saturated heterocycles. The van der Waals surface area contributed by atoms with Crippen molar-refractivity contribution in [2.45, 2.75) is 26.8 Å². The number of aryl methyl sites for hydroxylation is 2. The van der Waals surface area contributed by atoms with Gasteiger partial charge < -0.3 is 5.32 Å². The molecule has 2 N–H and O–H groups in total. The number of amides is 2. The average Bonchev–Trinajstić information content (AvgIpc) is 2.87. The van der Waals surface area contributed by atoms with Gasteiger partial charge in [0.1, 0.15) is 5.00 Å². The highest BCUT2D eigenvalue weighted by atomic mass is 32.1. The molecule has 0 aromatic carbocycles. The van der Waals surface area contributed by atoms with Crippen LogP contribution in [0.4, 0.5) is 9.80 Å². The Bertz CT molecular complexity index is 547. The number of nitrogens with one attached hydrogen (secondary N) is 2. The molecule has 1 unspecified atom stereocenters. The maximum Gasteiger partial charge on any atom is 0.320 e. The number of nitrogens with zero attached hydrogens (tertiary/aromatic N) is 1. The lowest BCUT2D eigenvalue weighted by atomic mass is 10.3. The van der Waals surface area contributed by atoms with E-state index in [4.69, 9.17) is 0 Å². The number of aromatic nitrogens is 1. The summed E-state index contributed by atoms with van der Waals surface area (Å²) in [5.41, 5.74) is 0.914. The number of thiophene rings is 1. The van der Waals surface area contributed by atoms with Crippen molar-refractivity contribution in [3.8, 4) is 0 Å². The number of carbonyl (C=O) groups excluding carboxylic acids is 1. The third-order valence-electron chi connectivity index (χ3n) is 2.40. The molecule has 0 aliphatic carbocycles. The molecular formula is C12H15N3OS2. The first-order valence-corrected chi connectivity index (χ1v) is 7.21. The lowest BCUT2D eigenvalue weighted by Crippen LogP contribution is -2.30. The first kappa shape index (κ1) is 13.0. The molecule has 0 saturated carbocycles. The van der Waals surface area contributed by atoms with Gasteiger partial charge in [0.2, 0.25) is 0 Å². The van der Waals surface area contributed by atoms with Gasteiger partial charge in [0.25, 0.3) is 0 Å². The second-order valence-corrected chi connectivity index (χ2v) is 6.23. The molecule has 2 aromatic heterocycles. The quantitative estimate of drug-likeness (QED) is 0.901. The Morgan fingerprint density at radius 3 is 2.72 bits per heavy atom. The fourth-order valence-electron chi connectivity index (χ4n) is 1.52. The maximum atomic E-state index is 11.8. The zero-order chi connectivity index (χ0) is 13.1. The largest absolute Gasteiger partial charge is 0.331 e. The summed E-state index contributed by atoms with van der Waals surface area (Å²) in [7, 11) is 0. The lowest BCUT2D eigenvalue weighted by molar-refractivity contribution is 0.249. The molecule has 2 aromatic rings. The fourth-order valence-corrected chi connectivity index (χ4v) is 3.06. The van der Waals surface area contributed by atoms with E-state index in [2.05, 4.69) is 28.0 Å². The van der Waals surface area contributed by atoms with Crippen LogP contribution in [-0.2, 0) is 0 Å². The molecule has 0 aliphatic heterocycles. The molecule has 4 nitrogen and oxygen atoms in total. The highest BCUT2D eigenvalue weighted by molar-refractivity contribution is 7.12. The van der Waals surface area contributed by atoms with Gasteiger partial charge in [-0.15, -0.1) is 11.3 Å². The minimum Gasteiger partial charge on any atom is -0.331 e. The van der Waals surface area contributed by atoms with Crippen LogP contribution in [0.3, 0.4) is 0 Å². The molecule has 2 rings (SSSR count). The summed E-state index contributed by atoms with van der Waals surface area (Å²) in [5.74, 6) is 0. The van der Waals surface area contributed by atoms with Gasteiger partial charge in [0.05, 0.1) is 11.7 Å². The highest BCUT2D eigenvalue weighted by Gasteiger charge is 2.11. The van der Waals surface area contributed by atoms with Crippen molar-refractivity contribution in [3.05, 3.63) is 33.6 Å². The molecule has 0 fully saturated rings. The summed E-state index contributed by atoms with van der Waals surface area (Å²) in [6, 6.07) is 5.77. The van der Waals surface area contributed by atoms with Crippen LogP contribution in [0.1, 0.15) is 28.4 Å². The Balaban J connectivity index is 1.91. The van der Waals surface area contributed by atoms with E-state index in [1.165, 1.54) is 16.4 Å². The van der Waals surface area contributed by atoms with Crippen LogP contribution in [-0.4, -0.2) is 10.4 Å². The second kappa shape index (κ2) is 5.49. The van der Waals surface area contributed by atoms with Crippen LogP contribution in [0.15, 0.2) is 18.2 Å². The SMILES string of the molecule is Cc1cc(NC(=O)NC(C)c2ccc(C)s2)sn1. The average molecular weight is 281 g/mol. The topological polar surface area (TPSA) is 54.0 Å². The van der Waals surface area contributed by atoms with Crippen molar-refractivity contribution in [2.75, 3.05) is 5.32 Å². The molecule has 0 aliphatic rings. The van der Waals surface area contributed by atoms with Crippen LogP contribution < -0.4 is 10.6 Å². The van der Waals surface area contributed by atoms with Crippen molar-refractivity contribution in [1.82, 2.24) is 9.69 Å². The molecule has 96 valence electrons. The van der Waals surface area contributed by atoms with Gasteiger partial charge in [-0.2, -0.15) is 4.37 Å². The number of rotatable bonds is 3. The van der Waals surface area contributed by atoms with E-state index in [1.54, 1.807) is 11.3 Å². The first-order valence-electron chi connectivity index (χ1n) is 5.62. The van der Waals surface area contributed by atoms with Gasteiger partial charge in [-0.3, -0.25) is 5.32 Å². The smallest absolute Gasteiger partial charge is 0.320 e. The predicted octanol–water partition coefficient (Wildman–Crippen LogP) is 3.70. The van der Waals surface area contributed by atoms with Crippen LogP contribution in [0.25, 0.3) is 0 Å². The molecule has 18 heavy (non-hydrogen) atoms. The van der Waals surface area contributed by atoms with E-state index >= 15 is 0 Å². The number of urea groups is 1. The number of carbonyl (C=O) groups is 1. The molecular weight excluding hydrogens is 266 g/mol. The second-order valence-electron chi connectivity index (χ2n) is 4.10. The summed E-state index contributed by atoms with van der Waals surface area (Å²) in [4.78, 5) is 14.2. The molecule has 0 radical (unpaired) electrons. The Hall–Kier alpha value is -1.40. The molecule has 6 heteroatoms. The van der Waals surface area contributed by atoms with Crippen molar-refractivity contribution in [1.29, 1.82) is 0 Å². The summed E-state index contributed by atoms with van der Waals surface area (Å²) < 4.78 is 4.11. The Morgan fingerprint density at radius 2 is 2.17 bits per heavy atom. The van der Waals surface area contributed by atoms with Gasteiger partial charge in [-0.05, 0) is 50.5 Å². The number of hydrogen-bond acceptors (Lipinski definition) is 4. The Labute approximate surface area is 114 Å². The molecule has 0 spiro atoms. The van der Waals surface area contributed by atoms with Crippen molar-refractivity contribution in [3.63, 3.8) is 0 Å². The van der Waals surface area contributed by atoms with Crippen molar-refractivity contribution < 1.29 is 4.79 Å². The summed E-state index contributed by atoms with van der Waals surface area (Å²) in [5, 5.41) is 6.45. The zero-order valence-corrected chi connectivity index (χ0v) is 12.1. The lowest BCUT2D eigenvalue weighted by Gasteiger charge is -2.12. The number of anilines is 1. The van der Waals surface area contributed by atoms with Gasteiger partial charge >= 0.3 is 6.03 Å². The third-order valence-corrected chi connectivity index (χ3v) is 4.38. The first-order chi connectivity index (χ1) is 8.54. The third kappa shape index (κ3) is 3.30. The van der Waals surface area contributed by atoms with Gasteiger partial charge in [0.15, 0.2) is 0 Å². The van der Waals surface area contributed by atoms with Crippen molar-refractivity contribution >= 4 is 33.9 Å². The Morgan fingerprint density at radius 1 is 1.39 bits per heavy atom. The predicted molar refractivity (Wildman–Crippen MR) is 76.5 cm³/mol. The Kier molecular flexibility index (Phi) is 3.98. The maximum absolute atomic E-state index is 11.8. The van der Waals surface area contributed by atoms with E-state index in [0.717, 1.165) is 15.6 Å². The molecule has 0 bridgehead atoms. The van der Waals surface area contributed by atoms with Crippen LogP contribution in [0, 0.1) is 13.8 Å². The minimum absolute atomic E-state index is 0.0118. The standard InChI is InChI=1S/C12H15N3OS2/c1-7-6-11(18-15-7)14-12(16)13-9(3)10-5-4-8(2)17-10/h4-6,9H,1-3H3,(H2,13,14,16). The van der Waals surface area contributed by atoms with Gasteiger partial charge in [0, 0.05) is 9.75 Å². The van der Waals surface area contributed by atoms with Crippen LogP contribution in [0.2, 0.25) is 0 Å². The number of hydrogen-bond donors (Lipinski definition) is 2.